The van der Waals surface area contributed by atoms with Crippen LogP contribution in [0.15, 0.2) is 146 Å². The lowest BCUT2D eigenvalue weighted by molar-refractivity contribution is 0.101. The van der Waals surface area contributed by atoms with Gasteiger partial charge in [0.1, 0.15) is 31.1 Å². The van der Waals surface area contributed by atoms with Gasteiger partial charge in [0, 0.05) is 33.9 Å². The molecule has 0 saturated heterocycles. The van der Waals surface area contributed by atoms with Gasteiger partial charge in [-0.3, -0.25) is 9.59 Å². The first kappa shape index (κ1) is 32.6. The van der Waals surface area contributed by atoms with E-state index in [1.807, 2.05) is 48.5 Å². The maximum atomic E-state index is 13.0. The van der Waals surface area contributed by atoms with Gasteiger partial charge in [0.05, 0.1) is 0 Å². The second-order valence-corrected chi connectivity index (χ2v) is 16.5. The Hall–Kier alpha value is -6.32. The van der Waals surface area contributed by atoms with Crippen LogP contribution in [0.4, 0.5) is 22.7 Å². The molecule has 0 bridgehead atoms. The van der Waals surface area contributed by atoms with E-state index in [2.05, 4.69) is 23.7 Å². The molecule has 2 amide bonds. The van der Waals surface area contributed by atoms with Gasteiger partial charge < -0.3 is 31.6 Å². The van der Waals surface area contributed by atoms with E-state index in [1.165, 1.54) is 10.4 Å². The summed E-state index contributed by atoms with van der Waals surface area (Å²) in [6.45, 7) is 4.50. The van der Waals surface area contributed by atoms with Crippen molar-refractivity contribution in [1.29, 1.82) is 0 Å². The highest BCUT2D eigenvalue weighted by atomic mass is 28.3. The summed E-state index contributed by atoms with van der Waals surface area (Å²) in [4.78, 5) is 26.0. The van der Waals surface area contributed by atoms with Crippen molar-refractivity contribution in [2.24, 2.45) is 0 Å². The molecule has 8 nitrogen and oxygen atoms in total. The molecule has 0 radical (unpaired) electrons. The van der Waals surface area contributed by atoms with Crippen LogP contribution < -0.4 is 41.9 Å². The van der Waals surface area contributed by atoms with Gasteiger partial charge in [-0.2, -0.15) is 0 Å². The maximum Gasteiger partial charge on any atom is 0.255 e. The SMILES string of the molecule is C[Si](C)(c1ccc(C(=O)Nc2ccc(Oc3ccc(N)cc3)cc2)cc1)c1ccc(C(=O)Nc2ccc(Oc3ccc(N)cc3)cc2)cc1. The largest absolute Gasteiger partial charge is 0.457 e. The zero-order valence-electron chi connectivity index (χ0n) is 27.1. The highest BCUT2D eigenvalue weighted by Gasteiger charge is 2.26. The van der Waals surface area contributed by atoms with Crippen molar-refractivity contribution < 1.29 is 19.1 Å². The molecule has 0 aliphatic heterocycles. The third-order valence-corrected chi connectivity index (χ3v) is 11.7. The fourth-order valence-corrected chi connectivity index (χ4v) is 7.54. The Morgan fingerprint density at radius 2 is 0.735 bits per heavy atom. The number of carbonyl (C=O) groups excluding carboxylic acids is 2. The molecule has 6 aromatic rings. The van der Waals surface area contributed by atoms with E-state index in [-0.39, 0.29) is 11.8 Å². The second kappa shape index (κ2) is 14.2. The van der Waals surface area contributed by atoms with Crippen molar-refractivity contribution in [2.45, 2.75) is 13.1 Å². The van der Waals surface area contributed by atoms with Crippen LogP contribution in [0.2, 0.25) is 13.1 Å². The summed E-state index contributed by atoms with van der Waals surface area (Å²) in [5.41, 5.74) is 15.3. The van der Waals surface area contributed by atoms with E-state index < -0.39 is 8.07 Å². The average molecular weight is 665 g/mol. The first-order chi connectivity index (χ1) is 23.6. The molecule has 0 unspecified atom stereocenters. The number of carbonyl (C=O) groups is 2. The molecule has 0 aliphatic rings. The first-order valence-electron chi connectivity index (χ1n) is 15.7. The first-order valence-corrected chi connectivity index (χ1v) is 18.7. The van der Waals surface area contributed by atoms with Gasteiger partial charge in [-0.1, -0.05) is 47.7 Å². The minimum absolute atomic E-state index is 0.197. The number of anilines is 4. The molecule has 6 rings (SSSR count). The van der Waals surface area contributed by atoms with Crippen LogP contribution >= 0.6 is 0 Å². The van der Waals surface area contributed by atoms with E-state index >= 15 is 0 Å². The van der Waals surface area contributed by atoms with Crippen LogP contribution in [0.5, 0.6) is 23.0 Å². The number of hydrogen-bond donors (Lipinski definition) is 4. The fourth-order valence-electron chi connectivity index (χ4n) is 5.21. The third-order valence-electron chi connectivity index (χ3n) is 8.19. The topological polar surface area (TPSA) is 129 Å². The zero-order chi connectivity index (χ0) is 34.4. The Kier molecular flexibility index (Phi) is 9.45. The highest BCUT2D eigenvalue weighted by Crippen LogP contribution is 2.25. The molecule has 6 N–H and O–H groups in total. The van der Waals surface area contributed by atoms with Crippen LogP contribution in [-0.2, 0) is 0 Å². The number of amides is 2. The Morgan fingerprint density at radius 1 is 0.449 bits per heavy atom. The average Bonchev–Trinajstić information content (AvgIpc) is 3.12. The second-order valence-electron chi connectivity index (χ2n) is 12.1. The number of nitrogen functional groups attached to an aromatic ring is 2. The van der Waals surface area contributed by atoms with Crippen LogP contribution in [-0.4, -0.2) is 19.9 Å². The Labute approximate surface area is 286 Å². The Bertz CT molecular complexity index is 1900. The lowest BCUT2D eigenvalue weighted by Gasteiger charge is -2.24. The molecule has 0 atom stereocenters. The molecular weight excluding hydrogens is 629 g/mol. The van der Waals surface area contributed by atoms with E-state index in [0.717, 1.165) is 0 Å². The summed E-state index contributed by atoms with van der Waals surface area (Å²) in [5.74, 6) is 2.27. The Balaban J connectivity index is 1.03. The van der Waals surface area contributed by atoms with Gasteiger partial charge in [-0.05, 0) is 121 Å². The van der Waals surface area contributed by atoms with E-state index in [0.29, 0.717) is 56.9 Å². The highest BCUT2D eigenvalue weighted by molar-refractivity contribution is 7.00. The van der Waals surface area contributed by atoms with Gasteiger partial charge in [0.2, 0.25) is 0 Å². The standard InChI is InChI=1S/C40H36N4O4Si/c1-49(2,37-23-3-27(4-24-37)39(45)43-31-11-19-35(20-12-31)47-33-15-7-29(41)8-16-33)38-25-5-28(6-26-38)40(46)44-32-13-21-36(22-14-32)48-34-17-9-30(42)10-18-34/h3-26H,41-42H2,1-2H3,(H,43,45)(H,44,46). The third kappa shape index (κ3) is 8.16. The number of rotatable bonds is 10. The summed E-state index contributed by atoms with van der Waals surface area (Å²) in [5, 5.41) is 8.24. The normalized spacial score (nSPS) is 11.0. The summed E-state index contributed by atoms with van der Waals surface area (Å²) in [6.07, 6.45) is 0. The predicted molar refractivity (Wildman–Crippen MR) is 200 cm³/mol. The molecule has 0 fully saturated rings. The number of nitrogens with one attached hydrogen (secondary N) is 2. The zero-order valence-corrected chi connectivity index (χ0v) is 28.1. The van der Waals surface area contributed by atoms with Gasteiger partial charge in [0.25, 0.3) is 11.8 Å². The summed E-state index contributed by atoms with van der Waals surface area (Å²) >= 11 is 0. The van der Waals surface area contributed by atoms with E-state index in [9.17, 15) is 9.59 Å². The van der Waals surface area contributed by atoms with Gasteiger partial charge in [-0.15, -0.1) is 0 Å². The molecular formula is C40H36N4O4Si. The van der Waals surface area contributed by atoms with E-state index in [4.69, 9.17) is 20.9 Å². The predicted octanol–water partition coefficient (Wildman–Crippen LogP) is 7.76. The summed E-state index contributed by atoms with van der Waals surface area (Å²) in [7, 11) is -2.11. The van der Waals surface area contributed by atoms with Crippen molar-refractivity contribution in [3.05, 3.63) is 157 Å². The Morgan fingerprint density at radius 3 is 1.04 bits per heavy atom. The van der Waals surface area contributed by atoms with Crippen molar-refractivity contribution in [1.82, 2.24) is 0 Å². The van der Waals surface area contributed by atoms with Crippen molar-refractivity contribution in [2.75, 3.05) is 22.1 Å². The lowest BCUT2D eigenvalue weighted by atomic mass is 10.2. The number of ether oxygens (including phenoxy) is 2. The molecule has 244 valence electrons. The maximum absolute atomic E-state index is 13.0. The van der Waals surface area contributed by atoms with Crippen molar-refractivity contribution in [3.8, 4) is 23.0 Å². The van der Waals surface area contributed by atoms with Crippen LogP contribution in [0.1, 0.15) is 20.7 Å². The molecule has 9 heteroatoms. The summed E-state index contributed by atoms with van der Waals surface area (Å²) in [6, 6.07) is 44.2. The van der Waals surface area contributed by atoms with Gasteiger partial charge >= 0.3 is 0 Å². The van der Waals surface area contributed by atoms with Gasteiger partial charge in [0.15, 0.2) is 0 Å². The molecule has 0 saturated carbocycles. The molecule has 49 heavy (non-hydrogen) atoms. The molecule has 0 heterocycles. The monoisotopic (exact) mass is 664 g/mol. The molecule has 6 aromatic carbocycles. The quantitative estimate of drug-likeness (QED) is 0.0875. The summed E-state index contributed by atoms with van der Waals surface area (Å²) < 4.78 is 11.7. The smallest absolute Gasteiger partial charge is 0.255 e. The fraction of sp³-hybridized carbons (Fsp3) is 0.0500. The number of nitrogens with two attached hydrogens (primary N) is 2. The number of hydrogen-bond acceptors (Lipinski definition) is 6. The van der Waals surface area contributed by atoms with Crippen LogP contribution in [0, 0.1) is 0 Å². The van der Waals surface area contributed by atoms with Crippen LogP contribution in [0.25, 0.3) is 0 Å². The lowest BCUT2D eigenvalue weighted by Crippen LogP contribution is -2.52. The molecule has 0 aromatic heterocycles. The van der Waals surface area contributed by atoms with Crippen molar-refractivity contribution >= 4 is 53.0 Å². The van der Waals surface area contributed by atoms with Crippen molar-refractivity contribution in [3.63, 3.8) is 0 Å². The number of benzene rings is 6. The van der Waals surface area contributed by atoms with E-state index in [1.54, 1.807) is 97.1 Å². The minimum atomic E-state index is -2.11. The molecule has 0 spiro atoms. The van der Waals surface area contributed by atoms with Crippen LogP contribution in [0.3, 0.4) is 0 Å². The molecule has 0 aliphatic carbocycles. The minimum Gasteiger partial charge on any atom is -0.457 e. The van der Waals surface area contributed by atoms with Gasteiger partial charge in [-0.25, -0.2) is 0 Å².